The Labute approximate surface area is 494 Å². The van der Waals surface area contributed by atoms with Gasteiger partial charge in [0.15, 0.2) is 0 Å². The molecule has 0 fully saturated rings. The van der Waals surface area contributed by atoms with Crippen LogP contribution in [0, 0.1) is 111 Å². The van der Waals surface area contributed by atoms with Gasteiger partial charge in [0.25, 0.3) is 0 Å². The Morgan fingerprint density at radius 2 is 0.425 bits per heavy atom. The van der Waals surface area contributed by atoms with E-state index >= 15 is 0 Å². The second-order valence-corrected chi connectivity index (χ2v) is 15.1. The van der Waals surface area contributed by atoms with Gasteiger partial charge in [-0.15, -0.1) is 0 Å². The molecule has 0 saturated carbocycles. The van der Waals surface area contributed by atoms with Gasteiger partial charge in [0.1, 0.15) is 12.7 Å². The van der Waals surface area contributed by atoms with Crippen LogP contribution in [0.4, 0.5) is 0 Å². The maximum atomic E-state index is 4.08. The molecule has 0 radical (unpaired) electrons. The summed E-state index contributed by atoms with van der Waals surface area (Å²) in [5, 5.41) is 0. The van der Waals surface area contributed by atoms with Crippen molar-refractivity contribution in [2.45, 2.75) is 222 Å². The Morgan fingerprint density at radius 1 is 0.188 bits per heavy atom. The normalized spacial score (nSPS) is 8.00. The lowest BCUT2D eigenvalue weighted by molar-refractivity contribution is 1.05. The summed E-state index contributed by atoms with van der Waals surface area (Å²) in [6, 6.07) is 20.4. The third-order valence-electron chi connectivity index (χ3n) is 10.0. The minimum Gasteiger partial charge on any atom is -0.264 e. The highest BCUT2D eigenvalue weighted by atomic mass is 14.8. The Hall–Kier alpha value is -6.94. The third kappa shape index (κ3) is 53.1. The minimum absolute atomic E-state index is 1.01. The van der Waals surface area contributed by atoms with E-state index in [0.29, 0.717) is 0 Å². The molecule has 7 aromatic heterocycles. The van der Waals surface area contributed by atoms with E-state index < -0.39 is 0 Å². The van der Waals surface area contributed by atoms with Crippen molar-refractivity contribution in [3.05, 3.63) is 225 Å². The summed E-state index contributed by atoms with van der Waals surface area (Å²) in [4.78, 5) is 39.7. The molecule has 0 amide bonds. The summed E-state index contributed by atoms with van der Waals surface area (Å²) in [5.41, 5.74) is 19.0. The third-order valence-corrected chi connectivity index (χ3v) is 10.0. The maximum Gasteiger partial charge on any atom is 0.115 e. The molecule has 10 nitrogen and oxygen atoms in total. The van der Waals surface area contributed by atoms with Gasteiger partial charge in [-0.3, -0.25) is 29.9 Å². The molecule has 0 bridgehead atoms. The van der Waals surface area contributed by atoms with Crippen LogP contribution in [0.1, 0.15) is 201 Å². The van der Waals surface area contributed by atoms with Crippen molar-refractivity contribution in [2.75, 3.05) is 0 Å². The Kier molecular flexibility index (Phi) is 76.4. The van der Waals surface area contributed by atoms with Crippen molar-refractivity contribution in [2.24, 2.45) is 0 Å². The van der Waals surface area contributed by atoms with Crippen LogP contribution in [0.3, 0.4) is 0 Å². The smallest absolute Gasteiger partial charge is 0.115 e. The van der Waals surface area contributed by atoms with Gasteiger partial charge >= 0.3 is 0 Å². The molecule has 0 saturated heterocycles. The van der Waals surface area contributed by atoms with Crippen LogP contribution >= 0.6 is 0 Å². The predicted octanol–water partition coefficient (Wildman–Crippen LogP) is 20.6. The molecule has 8 aromatic rings. The molecule has 0 aliphatic heterocycles. The SMILES string of the molecule is CC.CC.CC.CC.CC.CC.CC.CC.Cc1ccccc1C.Cc1cccnc1C.Cc1cccnc1C.Cc1ccncc1C.Cc1ccncc1C.Cc1cncnc1C.Cc1cncnc1C.Cc1nccnc1C. The molecular weight excluding hydrogens is 981 g/mol. The van der Waals surface area contributed by atoms with Gasteiger partial charge in [-0.25, -0.2) is 19.9 Å². The fraction of sp³-hybridized carbons (Fsp3) is 0.457. The van der Waals surface area contributed by atoms with Gasteiger partial charge in [0, 0.05) is 84.7 Å². The summed E-state index contributed by atoms with van der Waals surface area (Å²) in [5.74, 6) is 0. The van der Waals surface area contributed by atoms with E-state index in [2.05, 4.69) is 142 Å². The van der Waals surface area contributed by atoms with Crippen LogP contribution in [0.25, 0.3) is 0 Å². The van der Waals surface area contributed by atoms with Crippen molar-refractivity contribution in [3.63, 3.8) is 0 Å². The molecule has 1 aromatic carbocycles. The van der Waals surface area contributed by atoms with Crippen molar-refractivity contribution >= 4 is 0 Å². The lowest BCUT2D eigenvalue weighted by Gasteiger charge is -1.93. The number of rotatable bonds is 0. The van der Waals surface area contributed by atoms with Crippen LogP contribution in [-0.4, -0.2) is 49.8 Å². The van der Waals surface area contributed by atoms with Gasteiger partial charge in [-0.2, -0.15) is 0 Å². The largest absolute Gasteiger partial charge is 0.264 e. The molecule has 0 N–H and O–H groups in total. The topological polar surface area (TPSA) is 129 Å². The van der Waals surface area contributed by atoms with E-state index in [1.165, 1.54) is 44.5 Å². The fourth-order valence-corrected chi connectivity index (χ4v) is 4.28. The maximum absolute atomic E-state index is 4.08. The van der Waals surface area contributed by atoms with E-state index in [-0.39, 0.29) is 0 Å². The van der Waals surface area contributed by atoms with Crippen LogP contribution in [0.5, 0.6) is 0 Å². The zero-order valence-corrected chi connectivity index (χ0v) is 57.2. The highest BCUT2D eigenvalue weighted by Gasteiger charge is 1.91. The van der Waals surface area contributed by atoms with E-state index in [1.54, 1.807) is 25.0 Å². The first-order chi connectivity index (χ1) is 38.4. The molecule has 448 valence electrons. The summed E-state index contributed by atoms with van der Waals surface area (Å²) in [6.45, 7) is 64.5. The molecule has 7 heterocycles. The zero-order chi connectivity index (χ0) is 63.9. The van der Waals surface area contributed by atoms with Gasteiger partial charge in [-0.1, -0.05) is 147 Å². The molecule has 80 heavy (non-hydrogen) atoms. The molecule has 0 unspecified atom stereocenters. The van der Waals surface area contributed by atoms with Crippen LogP contribution < -0.4 is 0 Å². The van der Waals surface area contributed by atoms with Crippen molar-refractivity contribution in [1.29, 1.82) is 0 Å². The molecular formula is C70H118N10. The second-order valence-electron chi connectivity index (χ2n) is 15.1. The first kappa shape index (κ1) is 89.6. The first-order valence-electron chi connectivity index (χ1n) is 29.2. The number of aromatic nitrogens is 10. The molecule has 10 heteroatoms. The molecule has 0 atom stereocenters. The fourth-order valence-electron chi connectivity index (χ4n) is 4.28. The van der Waals surface area contributed by atoms with Crippen molar-refractivity contribution in [1.82, 2.24) is 49.8 Å². The van der Waals surface area contributed by atoms with Crippen LogP contribution in [0.2, 0.25) is 0 Å². The highest BCUT2D eigenvalue weighted by molar-refractivity contribution is 5.23. The van der Waals surface area contributed by atoms with Gasteiger partial charge in [-0.05, 0) is 191 Å². The second kappa shape index (κ2) is 68.2. The Bertz CT molecular complexity index is 1810. The lowest BCUT2D eigenvalue weighted by Crippen LogP contribution is -1.87. The highest BCUT2D eigenvalue weighted by Crippen LogP contribution is 2.04. The number of nitrogens with zero attached hydrogens (tertiary/aromatic N) is 10. The summed E-state index contributed by atoms with van der Waals surface area (Å²) in [7, 11) is 0. The molecule has 0 aliphatic carbocycles. The van der Waals surface area contributed by atoms with Crippen LogP contribution in [-0.2, 0) is 0 Å². The van der Waals surface area contributed by atoms with Gasteiger partial charge < -0.3 is 0 Å². The molecule has 8 rings (SSSR count). The summed E-state index contributed by atoms with van der Waals surface area (Å²) < 4.78 is 0. The summed E-state index contributed by atoms with van der Waals surface area (Å²) in [6.07, 6.45) is 21.1. The predicted molar refractivity (Wildman–Crippen MR) is 356 cm³/mol. The monoisotopic (exact) mass is 1100 g/mol. The zero-order valence-electron chi connectivity index (χ0n) is 57.2. The summed E-state index contributed by atoms with van der Waals surface area (Å²) >= 11 is 0. The van der Waals surface area contributed by atoms with E-state index in [0.717, 1.165) is 45.3 Å². The first-order valence-corrected chi connectivity index (χ1v) is 29.2. The number of benzene rings is 1. The Balaban J connectivity index is -0.000000119. The van der Waals surface area contributed by atoms with Crippen molar-refractivity contribution < 1.29 is 0 Å². The van der Waals surface area contributed by atoms with E-state index in [1.807, 2.05) is 240 Å². The average molecular weight is 1100 g/mol. The van der Waals surface area contributed by atoms with Gasteiger partial charge in [0.2, 0.25) is 0 Å². The minimum atomic E-state index is 1.01. The van der Waals surface area contributed by atoms with Crippen LogP contribution in [0.15, 0.2) is 135 Å². The number of pyridine rings is 4. The number of hydrogen-bond donors (Lipinski definition) is 0. The van der Waals surface area contributed by atoms with E-state index in [4.69, 9.17) is 0 Å². The standard InChI is InChI=1S/C8H10.4C7H9N.3C6H8N2.8C2H6/c1-7-5-3-4-6-8(7)2;2*1-6-3-4-8-5-7(6)2;2*1-6-4-3-5-8-7(6)2;2*1-5-3-7-4-8-6(5)2;1-5-6(2)8-4-3-7-5;8*1-2/h3-6H,1-2H3;4*3-5H,1-2H3;3*3-4H,1-2H3;8*1-2H3. The number of hydrogen-bond acceptors (Lipinski definition) is 10. The average Bonchev–Trinajstić information content (AvgIpc) is 3.50. The van der Waals surface area contributed by atoms with E-state index in [9.17, 15) is 0 Å². The van der Waals surface area contributed by atoms with Crippen molar-refractivity contribution in [3.8, 4) is 0 Å². The Morgan fingerprint density at radius 3 is 0.588 bits per heavy atom. The van der Waals surface area contributed by atoms with Gasteiger partial charge in [0.05, 0.1) is 11.4 Å². The number of aryl methyl sites for hydroxylation is 16. The molecule has 0 aliphatic rings. The molecule has 0 spiro atoms. The quantitative estimate of drug-likeness (QED) is 0.145. The lowest BCUT2D eigenvalue weighted by atomic mass is 10.1.